The summed E-state index contributed by atoms with van der Waals surface area (Å²) in [5, 5.41) is 19.2. The molecule has 1 aliphatic carbocycles. The van der Waals surface area contributed by atoms with Gasteiger partial charge in [-0.15, -0.1) is 0 Å². The molecule has 0 atom stereocenters. The largest absolute Gasteiger partial charge is 0.418 e. The topological polar surface area (TPSA) is 176 Å². The number of para-hydroxylation sites is 9. The summed E-state index contributed by atoms with van der Waals surface area (Å²) in [6, 6.07) is 88.4. The van der Waals surface area contributed by atoms with Crippen LogP contribution in [-0.4, -0.2) is 60.7 Å². The average molecular weight is 1710 g/mol. The third kappa shape index (κ3) is 16.0. The molecule has 0 radical (unpaired) electrons. The Morgan fingerprint density at radius 3 is 1.57 bits per heavy atom. The maximum absolute atomic E-state index is 14.2. The maximum atomic E-state index is 14.2. The lowest BCUT2D eigenvalue weighted by molar-refractivity contribution is -0.136. The van der Waals surface area contributed by atoms with Crippen molar-refractivity contribution in [3.8, 4) is 44.8 Å². The molecule has 0 bridgehead atoms. The monoisotopic (exact) mass is 1710 g/mol. The minimum atomic E-state index is -4.48. The molecule has 22 aromatic rings. The van der Waals surface area contributed by atoms with E-state index in [2.05, 4.69) is 219 Å². The molecule has 12 nitrogen and oxygen atoms in total. The van der Waals surface area contributed by atoms with Crippen LogP contribution >= 0.6 is 0 Å². The smallest absolute Gasteiger partial charge is 0.392 e. The minimum absolute atomic E-state index is 0.0324. The summed E-state index contributed by atoms with van der Waals surface area (Å²) in [7, 11) is 0. The quantitative estimate of drug-likeness (QED) is 0.0866. The Hall–Kier alpha value is -15.7. The molecule has 6 N–H and O–H groups in total. The van der Waals surface area contributed by atoms with Gasteiger partial charge >= 0.3 is 6.18 Å². The van der Waals surface area contributed by atoms with Crippen LogP contribution in [0.1, 0.15) is 75.2 Å². The maximum Gasteiger partial charge on any atom is 0.418 e. The summed E-state index contributed by atoms with van der Waals surface area (Å²) in [5.41, 5.74) is 26.4. The number of benzene rings is 12. The van der Waals surface area contributed by atoms with Gasteiger partial charge in [0.2, 0.25) is 0 Å². The second kappa shape index (κ2) is 34.3. The lowest BCUT2D eigenvalue weighted by Gasteiger charge is -2.22. The van der Waals surface area contributed by atoms with Gasteiger partial charge in [0.25, 0.3) is 0 Å². The van der Waals surface area contributed by atoms with Crippen molar-refractivity contribution in [1.82, 2.24) is 49.8 Å². The van der Waals surface area contributed by atoms with Crippen LogP contribution in [0.3, 0.4) is 0 Å². The molecule has 0 spiro atoms. The van der Waals surface area contributed by atoms with E-state index in [9.17, 15) is 35.8 Å². The first-order valence-corrected chi connectivity index (χ1v) is 42.2. The van der Waals surface area contributed by atoms with Crippen molar-refractivity contribution >= 4 is 126 Å². The Morgan fingerprint density at radius 2 is 0.899 bits per heavy atom. The minimum Gasteiger partial charge on any atom is -0.392 e. The van der Waals surface area contributed by atoms with Crippen molar-refractivity contribution in [3.05, 3.63) is 413 Å². The zero-order valence-corrected chi connectivity index (χ0v) is 70.9. The molecular weight excluding hydrogens is 1620 g/mol. The number of aliphatic imine (C=N–C) groups is 1. The fraction of sp³-hybridized carbons (Fsp3) is 0.0909. The van der Waals surface area contributed by atoms with Gasteiger partial charge in [-0.25, -0.2) is 32.5 Å². The first-order valence-electron chi connectivity index (χ1n) is 42.2. The highest BCUT2D eigenvalue weighted by Crippen LogP contribution is 2.45. The number of nitrogens with zero attached hydrogens (tertiary/aromatic N) is 6. The normalized spacial score (nSPS) is 12.6. The molecule has 10 aromatic heterocycles. The van der Waals surface area contributed by atoms with Crippen LogP contribution in [0.15, 0.2) is 333 Å². The second-order valence-corrected chi connectivity index (χ2v) is 32.8. The van der Waals surface area contributed by atoms with E-state index in [1.165, 1.54) is 102 Å². The summed E-state index contributed by atoms with van der Waals surface area (Å²) >= 11 is 0. The fourth-order valence-electron chi connectivity index (χ4n) is 17.5. The van der Waals surface area contributed by atoms with Crippen LogP contribution in [0.2, 0.25) is 0 Å². The highest BCUT2D eigenvalue weighted by molar-refractivity contribution is 6.18. The van der Waals surface area contributed by atoms with Crippen molar-refractivity contribution in [2.75, 3.05) is 0 Å². The van der Waals surface area contributed by atoms with Gasteiger partial charge in [0.1, 0.15) is 23.0 Å². The van der Waals surface area contributed by atoms with Gasteiger partial charge in [-0.2, -0.15) is 13.2 Å². The summed E-state index contributed by atoms with van der Waals surface area (Å²) < 4.78 is 95.6. The van der Waals surface area contributed by atoms with E-state index in [0.717, 1.165) is 89.5 Å². The summed E-state index contributed by atoms with van der Waals surface area (Å²) in [5.74, 6) is -2.01. The number of aliphatic hydroxyl groups is 1. The molecule has 0 saturated carbocycles. The molecule has 0 unspecified atom stereocenters. The van der Waals surface area contributed by atoms with Gasteiger partial charge in [-0.1, -0.05) is 208 Å². The SMILES string of the molecule is CC1(C)C(c2c[nH]c3ccccc23)=Nc2ccccc21.Cc1c(F)cc2c(-c3ccc4cccc(F)c4n3)c[nH]c2c1F.Cc1cc2c(cc1F)C(c1ccc3cccc(C(F)(F)F)c3n1)=CC2.Cc1cccc2c(-c3ccc4c(CO)cccc4n3)c[nH]c12.Cc1cccc2c(-c3cnc4ccccc4c3)c[nH]c12.c1ccc2ncc(-c3c[nH]c4ccccc34)cc2c1. The van der Waals surface area contributed by atoms with Gasteiger partial charge in [0, 0.05) is 175 Å². The van der Waals surface area contributed by atoms with Crippen molar-refractivity contribution in [2.45, 2.75) is 66.2 Å². The molecule has 1 aliphatic heterocycles. The van der Waals surface area contributed by atoms with Gasteiger partial charge in [-0.3, -0.25) is 15.0 Å². The van der Waals surface area contributed by atoms with Crippen LogP contribution in [0.25, 0.3) is 159 Å². The number of aliphatic hydroxyl groups excluding tert-OH is 1. The van der Waals surface area contributed by atoms with E-state index in [0.29, 0.717) is 56.2 Å². The third-order valence-corrected chi connectivity index (χ3v) is 24.3. The molecule has 19 heteroatoms. The molecule has 0 saturated heterocycles. The Bertz CT molecular complexity index is 8190. The fourth-order valence-corrected chi connectivity index (χ4v) is 17.5. The van der Waals surface area contributed by atoms with Crippen LogP contribution in [0.5, 0.6) is 0 Å². The molecule has 11 heterocycles. The average Bonchev–Trinajstić information content (AvgIpc) is 1.59. The number of aryl methyl sites for hydroxylation is 3. The lowest BCUT2D eigenvalue weighted by atomic mass is 9.79. The molecule has 632 valence electrons. The molecule has 12 aromatic carbocycles. The van der Waals surface area contributed by atoms with Crippen LogP contribution in [0.4, 0.5) is 36.4 Å². The Morgan fingerprint density at radius 1 is 0.388 bits per heavy atom. The van der Waals surface area contributed by atoms with Gasteiger partial charge in [-0.05, 0) is 164 Å². The number of halogens is 7. The number of rotatable bonds is 7. The molecule has 24 rings (SSSR count). The van der Waals surface area contributed by atoms with E-state index < -0.39 is 29.2 Å². The zero-order chi connectivity index (χ0) is 88.9. The number of fused-ring (bicyclic) bond motifs is 12. The van der Waals surface area contributed by atoms with Crippen LogP contribution in [0, 0.1) is 51.0 Å². The highest BCUT2D eigenvalue weighted by atomic mass is 19.4. The van der Waals surface area contributed by atoms with Crippen molar-refractivity contribution in [2.24, 2.45) is 4.99 Å². The Labute approximate surface area is 736 Å². The van der Waals surface area contributed by atoms with Crippen LogP contribution in [-0.2, 0) is 24.6 Å². The number of aromatic amines is 5. The second-order valence-electron chi connectivity index (χ2n) is 32.8. The van der Waals surface area contributed by atoms with E-state index in [1.54, 1.807) is 61.7 Å². The van der Waals surface area contributed by atoms with E-state index in [-0.39, 0.29) is 40.0 Å². The van der Waals surface area contributed by atoms with Crippen LogP contribution < -0.4 is 0 Å². The number of nitrogens with one attached hydrogen (secondary N) is 5. The standard InChI is InChI=1S/C20H13F4N.C19H16N2O.C18H11F3N2.C18H16N2.C18H14N2.C17H12N2/c1-11-9-13-5-7-14(15(13)10-17(11)21)18-8-6-12-3-2-4-16(19(12)25-18)20(22,23)24;1-12-4-2-6-15-16(10-20-19(12)15)18-9-8-14-13(11-22)5-3-7-17(14)21-18;1-9-14(20)7-11-12(8-22-18(11)16(9)21)15-6-5-10-3-2-4-13(19)17(10)23-15;1-18(2)14-8-4-6-10-16(14)20-17(18)13-11-19-15-9-5-3-7-12(13)15;1-12-5-4-7-15-16(11-20-18(12)15)14-9-13-6-2-3-8-17(13)19-10-14;1-3-7-16-12(5-1)9-13(10-18-16)15-11-19-17-8-4-2-6-14(15)17/h2-4,6-10H,5H2,1H3;2-10,20,22H,11H2,1H3;2-8,22H,1H3;3-11,19H,1-2H3;2-11,20H,1H3;1-11,19H. The van der Waals surface area contributed by atoms with E-state index in [4.69, 9.17) is 9.98 Å². The van der Waals surface area contributed by atoms with Gasteiger partial charge in [0.15, 0.2) is 5.82 Å². The predicted molar refractivity (Wildman–Crippen MR) is 509 cm³/mol. The number of aromatic nitrogens is 10. The van der Waals surface area contributed by atoms with Gasteiger partial charge < -0.3 is 30.0 Å². The number of H-pyrrole nitrogens is 5. The van der Waals surface area contributed by atoms with Crippen molar-refractivity contribution in [1.29, 1.82) is 0 Å². The first-order chi connectivity index (χ1) is 62.6. The number of hydrogen-bond acceptors (Lipinski definition) is 7. The first kappa shape index (κ1) is 82.9. The lowest BCUT2D eigenvalue weighted by Crippen LogP contribution is -2.26. The highest BCUT2D eigenvalue weighted by Gasteiger charge is 2.37. The predicted octanol–water partition coefficient (Wildman–Crippen LogP) is 28.6. The molecule has 2 aliphatic rings. The van der Waals surface area contributed by atoms with E-state index in [1.807, 2.05) is 97.5 Å². The Kier molecular flexibility index (Phi) is 22.0. The number of pyridine rings is 5. The van der Waals surface area contributed by atoms with Crippen molar-refractivity contribution < 1.29 is 35.8 Å². The van der Waals surface area contributed by atoms with E-state index >= 15 is 0 Å². The molecule has 0 amide bonds. The molecule has 0 fully saturated rings. The summed E-state index contributed by atoms with van der Waals surface area (Å²) in [6.45, 7) is 11.8. The number of allylic oxidation sites excluding steroid dienone is 1. The third-order valence-electron chi connectivity index (χ3n) is 24.3. The molecule has 129 heavy (non-hydrogen) atoms. The zero-order valence-electron chi connectivity index (χ0n) is 70.9. The summed E-state index contributed by atoms with van der Waals surface area (Å²) in [4.78, 5) is 43.5. The molecular formula is C110H82F7N11O. The van der Waals surface area contributed by atoms with Gasteiger partial charge in [0.05, 0.1) is 68.2 Å². The Balaban J connectivity index is 0.000000101. The number of alkyl halides is 3. The van der Waals surface area contributed by atoms with Crippen molar-refractivity contribution in [3.63, 3.8) is 0 Å². The number of hydrogen-bond donors (Lipinski definition) is 6. The summed E-state index contributed by atoms with van der Waals surface area (Å²) in [6.07, 6.45) is 11.7.